The zero-order valence-electron chi connectivity index (χ0n) is 18.2. The molecule has 0 bridgehead atoms. The molecule has 1 aromatic heterocycles. The van der Waals surface area contributed by atoms with Crippen molar-refractivity contribution in [3.63, 3.8) is 0 Å². The van der Waals surface area contributed by atoms with Crippen LogP contribution >= 0.6 is 22.6 Å². The van der Waals surface area contributed by atoms with Gasteiger partial charge in [0, 0.05) is 15.8 Å². The van der Waals surface area contributed by atoms with E-state index in [-0.39, 0.29) is 29.4 Å². The summed E-state index contributed by atoms with van der Waals surface area (Å²) in [6.45, 7) is 0.289. The number of nitrogens with one attached hydrogen (secondary N) is 1. The first-order chi connectivity index (χ1) is 16.9. The molecular weight excluding hydrogens is 599 g/mol. The van der Waals surface area contributed by atoms with E-state index in [2.05, 4.69) is 32.9 Å². The minimum Gasteiger partial charge on any atom is -0.347 e. The van der Waals surface area contributed by atoms with Gasteiger partial charge in [-0.15, -0.1) is 0 Å². The largest absolute Gasteiger partial charge is 0.416 e. The van der Waals surface area contributed by atoms with Crippen LogP contribution in [0.1, 0.15) is 27.2 Å². The number of hydrogen-bond donors (Lipinski definition) is 1. The second-order valence-electron chi connectivity index (χ2n) is 7.80. The normalized spacial score (nSPS) is 12.0. The number of halogens is 7. The lowest BCUT2D eigenvalue weighted by Gasteiger charge is -2.15. The van der Waals surface area contributed by atoms with E-state index in [0.717, 1.165) is 9.13 Å². The summed E-state index contributed by atoms with van der Waals surface area (Å²) in [6.07, 6.45) is -7.12. The van der Waals surface area contributed by atoms with E-state index in [0.29, 0.717) is 17.8 Å². The van der Waals surface area contributed by atoms with Crippen LogP contribution in [0.2, 0.25) is 0 Å². The summed E-state index contributed by atoms with van der Waals surface area (Å²) < 4.78 is 81.7. The molecule has 1 N–H and O–H groups in total. The Bertz CT molecular complexity index is 1360. The van der Waals surface area contributed by atoms with E-state index in [4.69, 9.17) is 0 Å². The third-order valence-electron chi connectivity index (χ3n) is 5.28. The first-order valence-corrected chi connectivity index (χ1v) is 11.4. The fraction of sp³-hybridized carbons (Fsp3) is 0.120. The van der Waals surface area contributed by atoms with Gasteiger partial charge in [0.25, 0.3) is 5.91 Å². The topological polar surface area (TPSA) is 46.9 Å². The highest BCUT2D eigenvalue weighted by Crippen LogP contribution is 2.38. The molecule has 1 amide bonds. The van der Waals surface area contributed by atoms with Crippen molar-refractivity contribution in [3.05, 3.63) is 105 Å². The zero-order chi connectivity index (χ0) is 26.1. The Morgan fingerprint density at radius 1 is 0.861 bits per heavy atom. The summed E-state index contributed by atoms with van der Waals surface area (Å²) in [5, 5.41) is 2.80. The van der Waals surface area contributed by atoms with Crippen molar-refractivity contribution in [1.82, 2.24) is 14.9 Å². The number of nitrogens with zero attached hydrogens (tertiary/aromatic N) is 2. The number of imidazole rings is 1. The third kappa shape index (κ3) is 5.89. The van der Waals surface area contributed by atoms with Crippen LogP contribution in [0.5, 0.6) is 0 Å². The Hall–Kier alpha value is -3.35. The fourth-order valence-corrected chi connectivity index (χ4v) is 4.13. The summed E-state index contributed by atoms with van der Waals surface area (Å²) in [5.41, 5.74) is -1.28. The summed E-state index contributed by atoms with van der Waals surface area (Å²) in [6, 6.07) is 14.8. The summed E-state index contributed by atoms with van der Waals surface area (Å²) in [4.78, 5) is 16.7. The van der Waals surface area contributed by atoms with E-state index in [1.807, 2.05) is 24.3 Å². The quantitative estimate of drug-likeness (QED) is 0.192. The van der Waals surface area contributed by atoms with Crippen LogP contribution in [0.3, 0.4) is 0 Å². The summed E-state index contributed by atoms with van der Waals surface area (Å²) in [7, 11) is 0. The minimum absolute atomic E-state index is 0.0879. The van der Waals surface area contributed by atoms with E-state index >= 15 is 0 Å². The lowest BCUT2D eigenvalue weighted by atomic mass is 9.99. The van der Waals surface area contributed by atoms with Crippen molar-refractivity contribution in [2.45, 2.75) is 18.9 Å². The van der Waals surface area contributed by atoms with Gasteiger partial charge in [0.2, 0.25) is 0 Å². The maximum atomic E-state index is 13.2. The van der Waals surface area contributed by atoms with Crippen molar-refractivity contribution in [2.75, 3.05) is 0 Å². The predicted molar refractivity (Wildman–Crippen MR) is 129 cm³/mol. The number of rotatable bonds is 5. The van der Waals surface area contributed by atoms with Gasteiger partial charge in [0.15, 0.2) is 0 Å². The molecule has 0 aliphatic rings. The lowest BCUT2D eigenvalue weighted by molar-refractivity contribution is -0.143. The molecule has 4 aromatic rings. The number of carbonyl (C=O) groups is 1. The highest BCUT2D eigenvalue weighted by Gasteiger charge is 2.37. The molecule has 0 fully saturated rings. The van der Waals surface area contributed by atoms with Crippen LogP contribution in [0.15, 0.2) is 79.3 Å². The van der Waals surface area contributed by atoms with Crippen molar-refractivity contribution in [2.24, 2.45) is 0 Å². The molecule has 0 aliphatic heterocycles. The van der Waals surface area contributed by atoms with Crippen LogP contribution in [0.4, 0.5) is 26.3 Å². The number of amides is 1. The van der Waals surface area contributed by atoms with Crippen molar-refractivity contribution in [1.29, 1.82) is 0 Å². The highest BCUT2D eigenvalue weighted by molar-refractivity contribution is 14.1. The Balaban J connectivity index is 1.59. The predicted octanol–water partition coefficient (Wildman–Crippen LogP) is 7.11. The van der Waals surface area contributed by atoms with Gasteiger partial charge < -0.3 is 5.32 Å². The number of hydrogen-bond acceptors (Lipinski definition) is 2. The Labute approximate surface area is 215 Å². The molecule has 4 nitrogen and oxygen atoms in total. The first kappa shape index (κ1) is 25.7. The molecular formula is C25H16F6IN3O. The lowest BCUT2D eigenvalue weighted by Crippen LogP contribution is -2.25. The minimum atomic E-state index is -4.94. The van der Waals surface area contributed by atoms with Gasteiger partial charge in [-0.25, -0.2) is 4.98 Å². The first-order valence-electron chi connectivity index (χ1n) is 10.4. The Kier molecular flexibility index (Phi) is 7.12. The van der Waals surface area contributed by atoms with Crippen LogP contribution in [0.25, 0.3) is 16.8 Å². The van der Waals surface area contributed by atoms with Crippen LogP contribution in [-0.2, 0) is 18.9 Å². The van der Waals surface area contributed by atoms with E-state index < -0.39 is 29.4 Å². The molecule has 186 valence electrons. The molecule has 0 radical (unpaired) electrons. The Morgan fingerprint density at radius 3 is 2.08 bits per heavy atom. The van der Waals surface area contributed by atoms with Gasteiger partial charge in [0.1, 0.15) is 5.69 Å². The van der Waals surface area contributed by atoms with Crippen LogP contribution < -0.4 is 5.32 Å². The smallest absolute Gasteiger partial charge is 0.347 e. The van der Waals surface area contributed by atoms with Crippen molar-refractivity contribution < 1.29 is 31.1 Å². The van der Waals surface area contributed by atoms with Crippen molar-refractivity contribution >= 4 is 28.5 Å². The van der Waals surface area contributed by atoms with Crippen molar-refractivity contribution in [3.8, 4) is 16.8 Å². The molecule has 4 rings (SSSR count). The molecule has 0 spiro atoms. The van der Waals surface area contributed by atoms with Gasteiger partial charge in [-0.05, 0) is 81.7 Å². The molecule has 3 aromatic carbocycles. The van der Waals surface area contributed by atoms with Gasteiger partial charge in [0.05, 0.1) is 23.7 Å². The maximum absolute atomic E-state index is 13.2. The molecule has 11 heteroatoms. The highest BCUT2D eigenvalue weighted by atomic mass is 127. The number of aromatic nitrogens is 2. The molecule has 36 heavy (non-hydrogen) atoms. The van der Waals surface area contributed by atoms with Gasteiger partial charge >= 0.3 is 12.4 Å². The number of carbonyl (C=O) groups excluding carboxylic acids is 1. The van der Waals surface area contributed by atoms with E-state index in [1.165, 1.54) is 41.4 Å². The SMILES string of the molecule is O=C(NCc1cccc(I)c1)c1cncn1-c1ccc(-c2cc(C(F)(F)F)cc(C(F)(F)F)c2)cc1. The van der Waals surface area contributed by atoms with Gasteiger partial charge in [-0.1, -0.05) is 24.3 Å². The van der Waals surface area contributed by atoms with Gasteiger partial charge in [-0.2, -0.15) is 26.3 Å². The van der Waals surface area contributed by atoms with E-state index in [1.54, 1.807) is 0 Å². The second-order valence-corrected chi connectivity index (χ2v) is 9.05. The molecule has 1 heterocycles. The molecule has 0 atom stereocenters. The molecule has 0 aliphatic carbocycles. The average molecular weight is 615 g/mol. The molecule has 0 saturated carbocycles. The van der Waals surface area contributed by atoms with Gasteiger partial charge in [-0.3, -0.25) is 9.36 Å². The van der Waals surface area contributed by atoms with E-state index in [9.17, 15) is 31.1 Å². The second kappa shape index (κ2) is 9.96. The molecule has 0 saturated heterocycles. The zero-order valence-corrected chi connectivity index (χ0v) is 20.3. The average Bonchev–Trinajstić information content (AvgIpc) is 3.31. The fourth-order valence-electron chi connectivity index (χ4n) is 3.52. The Morgan fingerprint density at radius 2 is 1.50 bits per heavy atom. The maximum Gasteiger partial charge on any atom is 0.416 e. The van der Waals surface area contributed by atoms with Crippen LogP contribution in [-0.4, -0.2) is 15.5 Å². The number of benzene rings is 3. The standard InChI is InChI=1S/C25H16F6IN3O/c26-24(27,28)18-9-17(10-19(11-18)25(29,30)31)16-4-6-21(7-5-16)35-14-33-13-22(35)23(36)34-12-15-2-1-3-20(32)8-15/h1-11,13-14H,12H2,(H,34,36). The number of alkyl halides is 6. The summed E-state index contributed by atoms with van der Waals surface area (Å²) in [5.74, 6) is -0.400. The van der Waals surface area contributed by atoms with Crippen LogP contribution in [0, 0.1) is 3.57 Å². The summed E-state index contributed by atoms with van der Waals surface area (Å²) >= 11 is 2.17. The third-order valence-corrected chi connectivity index (χ3v) is 5.95. The monoisotopic (exact) mass is 615 g/mol. The molecule has 0 unspecified atom stereocenters.